The number of ether oxygens (including phenoxy) is 1. The highest BCUT2D eigenvalue weighted by atomic mass is 19.4. The number of carbonyl (C=O) groups excluding carboxylic acids is 2. The predicted octanol–water partition coefficient (Wildman–Crippen LogP) is 8.72. The molecule has 0 atom stereocenters. The fourth-order valence-electron chi connectivity index (χ4n) is 5.93. The summed E-state index contributed by atoms with van der Waals surface area (Å²) < 4.78 is 45.6. The first-order chi connectivity index (χ1) is 26.4. The van der Waals surface area contributed by atoms with Crippen LogP contribution in [0.15, 0.2) is 128 Å². The van der Waals surface area contributed by atoms with Crippen molar-refractivity contribution in [2.24, 2.45) is 0 Å². The number of halogens is 3. The van der Waals surface area contributed by atoms with E-state index in [0.717, 1.165) is 33.9 Å². The van der Waals surface area contributed by atoms with Crippen molar-refractivity contribution in [1.29, 1.82) is 0 Å². The Labute approximate surface area is 315 Å². The number of nitrogens with one attached hydrogen (secondary N) is 1. The largest absolute Gasteiger partial charge is 0.497 e. The zero-order valence-electron chi connectivity index (χ0n) is 29.8. The lowest BCUT2D eigenvalue weighted by Crippen LogP contribution is -2.35. The average molecular weight is 745 g/mol. The van der Waals surface area contributed by atoms with Crippen LogP contribution in [0.1, 0.15) is 32.6 Å². The molecule has 0 saturated carbocycles. The second kappa shape index (κ2) is 16.5. The highest BCUT2D eigenvalue weighted by molar-refractivity contribution is 5.97. The minimum Gasteiger partial charge on any atom is -0.497 e. The quantitative estimate of drug-likeness (QED) is 0.129. The maximum absolute atomic E-state index is 13.6. The van der Waals surface area contributed by atoms with Crippen LogP contribution in [0.4, 0.5) is 18.9 Å². The van der Waals surface area contributed by atoms with E-state index in [1.807, 2.05) is 12.1 Å². The third-order valence-electron chi connectivity index (χ3n) is 8.84. The van der Waals surface area contributed by atoms with Gasteiger partial charge in [0, 0.05) is 41.3 Å². The van der Waals surface area contributed by atoms with Crippen LogP contribution in [0.2, 0.25) is 0 Å². The molecule has 0 bridgehead atoms. The van der Waals surface area contributed by atoms with E-state index in [2.05, 4.69) is 58.6 Å². The van der Waals surface area contributed by atoms with Gasteiger partial charge in [-0.15, -0.1) is 0 Å². The summed E-state index contributed by atoms with van der Waals surface area (Å²) in [5.41, 5.74) is 5.90. The van der Waals surface area contributed by atoms with E-state index in [9.17, 15) is 32.7 Å². The molecular formula is C43H35F3N4O5. The van der Waals surface area contributed by atoms with Crippen LogP contribution in [0.25, 0.3) is 33.6 Å². The number of aliphatic carboxylic acids is 1. The van der Waals surface area contributed by atoms with Gasteiger partial charge in [-0.1, -0.05) is 84.4 Å². The molecule has 2 N–H and O–H groups in total. The first kappa shape index (κ1) is 37.9. The second-order valence-corrected chi connectivity index (χ2v) is 12.8. The van der Waals surface area contributed by atoms with Crippen LogP contribution in [-0.4, -0.2) is 51.4 Å². The Bertz CT molecular complexity index is 2290. The molecule has 1 heterocycles. The summed E-state index contributed by atoms with van der Waals surface area (Å²) in [6, 6.07) is 32.7. The molecule has 55 heavy (non-hydrogen) atoms. The molecule has 6 rings (SSSR count). The molecule has 0 aliphatic carbocycles. The van der Waals surface area contributed by atoms with E-state index >= 15 is 0 Å². The molecule has 1 aromatic heterocycles. The zero-order valence-corrected chi connectivity index (χ0v) is 29.8. The number of alkyl halides is 3. The molecule has 0 aliphatic heterocycles. The van der Waals surface area contributed by atoms with Crippen LogP contribution in [-0.2, 0) is 28.7 Å². The van der Waals surface area contributed by atoms with Crippen molar-refractivity contribution in [2.75, 3.05) is 19.0 Å². The van der Waals surface area contributed by atoms with E-state index in [1.54, 1.807) is 36.7 Å². The summed E-state index contributed by atoms with van der Waals surface area (Å²) in [5, 5.41) is 12.1. The van der Waals surface area contributed by atoms with Gasteiger partial charge in [-0.05, 0) is 71.1 Å². The molecule has 12 heteroatoms. The Morgan fingerprint density at radius 3 is 1.87 bits per heavy atom. The summed E-state index contributed by atoms with van der Waals surface area (Å²) in [7, 11) is 1.25. The summed E-state index contributed by atoms with van der Waals surface area (Å²) in [6.07, 6.45) is -1.72. The van der Waals surface area contributed by atoms with Crippen LogP contribution in [0.5, 0.6) is 5.75 Å². The number of hydrogen-bond acceptors (Lipinski definition) is 6. The summed E-state index contributed by atoms with van der Waals surface area (Å²) in [6.45, 7) is 1.48. The number of carboxylic acid groups (broad SMARTS) is 1. The summed E-state index contributed by atoms with van der Waals surface area (Å²) in [5.74, 6) is -1.95. The topological polar surface area (TPSA) is 122 Å². The molecule has 0 saturated heterocycles. The molecule has 0 fully saturated rings. The Morgan fingerprint density at radius 1 is 0.745 bits per heavy atom. The van der Waals surface area contributed by atoms with Gasteiger partial charge in [0.15, 0.2) is 5.82 Å². The highest BCUT2D eigenvalue weighted by Gasteiger charge is 2.34. The van der Waals surface area contributed by atoms with Crippen molar-refractivity contribution in [3.63, 3.8) is 0 Å². The molecule has 5 aromatic carbocycles. The SMILES string of the molecule is COc1ccc(CC(=O)Nc2ccc(C(=O)N(CC(=O)O)Cc3ccc(-c4ncc(-c5ccc(-c6ccc(C)cc6)cc5)cn4)cc3)cc2)c(C(F)(F)F)c1. The van der Waals surface area contributed by atoms with E-state index < -0.39 is 42.5 Å². The van der Waals surface area contributed by atoms with E-state index in [1.165, 1.54) is 54.0 Å². The van der Waals surface area contributed by atoms with Gasteiger partial charge < -0.3 is 20.1 Å². The fourth-order valence-corrected chi connectivity index (χ4v) is 5.93. The van der Waals surface area contributed by atoms with Crippen molar-refractivity contribution >= 4 is 23.5 Å². The maximum atomic E-state index is 13.6. The van der Waals surface area contributed by atoms with Gasteiger partial charge in [-0.25, -0.2) is 9.97 Å². The first-order valence-corrected chi connectivity index (χ1v) is 17.1. The summed E-state index contributed by atoms with van der Waals surface area (Å²) >= 11 is 0. The lowest BCUT2D eigenvalue weighted by molar-refractivity contribution is -0.139. The van der Waals surface area contributed by atoms with Gasteiger partial charge in [0.05, 0.1) is 19.1 Å². The number of methoxy groups -OCH3 is 1. The Kier molecular flexibility index (Phi) is 11.4. The third-order valence-corrected chi connectivity index (χ3v) is 8.84. The van der Waals surface area contributed by atoms with Crippen LogP contribution < -0.4 is 10.1 Å². The number of carboxylic acids is 1. The number of anilines is 1. The lowest BCUT2D eigenvalue weighted by atomic mass is 10.0. The van der Waals surface area contributed by atoms with Crippen LogP contribution in [0.3, 0.4) is 0 Å². The Morgan fingerprint density at radius 2 is 1.31 bits per heavy atom. The van der Waals surface area contributed by atoms with Crippen molar-refractivity contribution < 1.29 is 37.4 Å². The number of hydrogen-bond donors (Lipinski definition) is 2. The van der Waals surface area contributed by atoms with E-state index in [-0.39, 0.29) is 29.1 Å². The average Bonchev–Trinajstić information content (AvgIpc) is 3.18. The van der Waals surface area contributed by atoms with Crippen molar-refractivity contribution in [3.05, 3.63) is 155 Å². The molecular weight excluding hydrogens is 709 g/mol. The van der Waals surface area contributed by atoms with Crippen molar-refractivity contribution in [2.45, 2.75) is 26.1 Å². The van der Waals surface area contributed by atoms with Gasteiger partial charge in [0.1, 0.15) is 12.3 Å². The summed E-state index contributed by atoms with van der Waals surface area (Å²) in [4.78, 5) is 48.1. The number of aryl methyl sites for hydroxylation is 1. The van der Waals surface area contributed by atoms with Gasteiger partial charge >= 0.3 is 12.1 Å². The number of nitrogens with zero attached hydrogens (tertiary/aromatic N) is 3. The number of benzene rings is 5. The minimum atomic E-state index is -4.69. The molecule has 6 aromatic rings. The van der Waals surface area contributed by atoms with E-state index in [0.29, 0.717) is 11.4 Å². The fraction of sp³-hybridized carbons (Fsp3) is 0.140. The van der Waals surface area contributed by atoms with Crippen LogP contribution in [0, 0.1) is 6.92 Å². The number of carbonyl (C=O) groups is 3. The molecule has 2 amide bonds. The molecule has 0 radical (unpaired) electrons. The highest BCUT2D eigenvalue weighted by Crippen LogP contribution is 2.35. The Balaban J connectivity index is 1.08. The molecule has 278 valence electrons. The lowest BCUT2D eigenvalue weighted by Gasteiger charge is -2.21. The minimum absolute atomic E-state index is 0.00825. The maximum Gasteiger partial charge on any atom is 0.416 e. The smallest absolute Gasteiger partial charge is 0.416 e. The Hall–Kier alpha value is -6.82. The standard InChI is InChI=1S/C43H35F3N4O5/c1-27-3-7-29(8-4-27)30-11-13-31(14-12-30)35-23-47-41(48-24-35)32-9-5-28(6-10-32)25-50(26-40(52)53)42(54)33-15-18-36(19-16-33)49-39(51)21-34-17-20-37(55-2)22-38(34)43(44,45)46/h3-20,22-24H,21,25-26H2,1-2H3,(H,49,51)(H,52,53). The molecule has 0 spiro atoms. The van der Waals surface area contributed by atoms with E-state index in [4.69, 9.17) is 4.74 Å². The molecule has 0 unspecified atom stereocenters. The molecule has 0 aliphatic rings. The molecule has 9 nitrogen and oxygen atoms in total. The first-order valence-electron chi connectivity index (χ1n) is 17.1. The normalized spacial score (nSPS) is 11.1. The second-order valence-electron chi connectivity index (χ2n) is 12.8. The van der Waals surface area contributed by atoms with Gasteiger partial charge in [-0.2, -0.15) is 13.2 Å². The van der Waals surface area contributed by atoms with Gasteiger partial charge in [0.25, 0.3) is 5.91 Å². The van der Waals surface area contributed by atoms with Gasteiger partial charge in [0.2, 0.25) is 5.91 Å². The van der Waals surface area contributed by atoms with Gasteiger partial charge in [-0.3, -0.25) is 14.4 Å². The van der Waals surface area contributed by atoms with Crippen molar-refractivity contribution in [3.8, 4) is 39.4 Å². The number of aromatic nitrogens is 2. The zero-order chi connectivity index (χ0) is 39.1. The number of rotatable bonds is 12. The third kappa shape index (κ3) is 9.60. The van der Waals surface area contributed by atoms with Crippen molar-refractivity contribution in [1.82, 2.24) is 14.9 Å². The van der Waals surface area contributed by atoms with Crippen LogP contribution >= 0.6 is 0 Å². The predicted molar refractivity (Wildman–Crippen MR) is 202 cm³/mol. The number of amides is 2. The monoisotopic (exact) mass is 744 g/mol.